The van der Waals surface area contributed by atoms with E-state index >= 15 is 0 Å². The van der Waals surface area contributed by atoms with Crippen molar-refractivity contribution in [2.75, 3.05) is 5.73 Å². The minimum atomic E-state index is 0.298. The summed E-state index contributed by atoms with van der Waals surface area (Å²) in [6.45, 7) is 0. The fourth-order valence-electron chi connectivity index (χ4n) is 1.80. The number of nitrogens with two attached hydrogens (primary N) is 1. The van der Waals surface area contributed by atoms with Gasteiger partial charge in [0.2, 0.25) is 17.0 Å². The lowest BCUT2D eigenvalue weighted by Crippen LogP contribution is -1.93. The molecule has 0 spiro atoms. The lowest BCUT2D eigenvalue weighted by Gasteiger charge is -1.96. The summed E-state index contributed by atoms with van der Waals surface area (Å²) in [6, 6.07) is 10.2. The van der Waals surface area contributed by atoms with Crippen molar-refractivity contribution in [2.24, 2.45) is 0 Å². The standard InChI is InChI=1S/C13H14N6OS/c14-12-16-13(18-17-12)21-8-11-15-10(19-20-11)7-6-9-4-2-1-3-5-9/h1-5H,6-8H2,(H3,14,16,17,18). The maximum atomic E-state index is 5.45. The number of aryl methyl sites for hydroxylation is 2. The molecule has 3 rings (SSSR count). The van der Waals surface area contributed by atoms with Gasteiger partial charge in [0, 0.05) is 6.42 Å². The van der Waals surface area contributed by atoms with Crippen molar-refractivity contribution in [3.8, 4) is 0 Å². The SMILES string of the molecule is Nc1nc(SCc2nc(CCc3ccccc3)no2)n[nH]1. The number of nitrogen functional groups attached to an aromatic ring is 1. The summed E-state index contributed by atoms with van der Waals surface area (Å²) in [6.07, 6.45) is 1.65. The third-order valence-electron chi connectivity index (χ3n) is 2.80. The normalized spacial score (nSPS) is 10.9. The number of hydrogen-bond acceptors (Lipinski definition) is 7. The third-order valence-corrected chi connectivity index (χ3v) is 3.63. The monoisotopic (exact) mass is 302 g/mol. The predicted octanol–water partition coefficient (Wildman–Crippen LogP) is 1.85. The van der Waals surface area contributed by atoms with Crippen LogP contribution >= 0.6 is 11.8 Å². The molecule has 2 aromatic heterocycles. The first-order chi connectivity index (χ1) is 10.3. The van der Waals surface area contributed by atoms with Gasteiger partial charge in [-0.25, -0.2) is 5.10 Å². The number of aromatic amines is 1. The second kappa shape index (κ2) is 6.40. The second-order valence-electron chi connectivity index (χ2n) is 4.38. The highest BCUT2D eigenvalue weighted by molar-refractivity contribution is 7.98. The molecule has 2 heterocycles. The molecule has 0 bridgehead atoms. The number of H-pyrrole nitrogens is 1. The van der Waals surface area contributed by atoms with Crippen LogP contribution in [0, 0.1) is 0 Å². The molecule has 0 radical (unpaired) electrons. The Bertz CT molecular complexity index is 696. The van der Waals surface area contributed by atoms with Crippen molar-refractivity contribution in [3.05, 3.63) is 47.6 Å². The first-order valence-electron chi connectivity index (χ1n) is 6.45. The zero-order valence-electron chi connectivity index (χ0n) is 11.2. The van der Waals surface area contributed by atoms with Gasteiger partial charge in [0.1, 0.15) is 0 Å². The topological polar surface area (TPSA) is 107 Å². The summed E-state index contributed by atoms with van der Waals surface area (Å²) < 4.78 is 5.20. The molecule has 7 nitrogen and oxygen atoms in total. The Morgan fingerprint density at radius 3 is 2.76 bits per heavy atom. The molecule has 0 saturated carbocycles. The van der Waals surface area contributed by atoms with Crippen molar-refractivity contribution in [1.29, 1.82) is 0 Å². The quantitative estimate of drug-likeness (QED) is 0.669. The molecule has 0 atom stereocenters. The van der Waals surface area contributed by atoms with E-state index in [0.29, 0.717) is 28.6 Å². The molecule has 0 unspecified atom stereocenters. The third kappa shape index (κ3) is 3.82. The number of hydrogen-bond donors (Lipinski definition) is 2. The van der Waals surface area contributed by atoms with Crippen LogP contribution in [0.15, 0.2) is 40.0 Å². The largest absolute Gasteiger partial charge is 0.368 e. The maximum Gasteiger partial charge on any atom is 0.237 e. The Morgan fingerprint density at radius 1 is 1.14 bits per heavy atom. The predicted molar refractivity (Wildman–Crippen MR) is 78.5 cm³/mol. The van der Waals surface area contributed by atoms with E-state index in [4.69, 9.17) is 10.3 Å². The van der Waals surface area contributed by atoms with Crippen LogP contribution in [0.4, 0.5) is 5.95 Å². The maximum absolute atomic E-state index is 5.45. The van der Waals surface area contributed by atoms with Gasteiger partial charge in [-0.2, -0.15) is 9.97 Å². The van der Waals surface area contributed by atoms with Gasteiger partial charge in [-0.15, -0.1) is 5.10 Å². The van der Waals surface area contributed by atoms with E-state index in [1.165, 1.54) is 17.3 Å². The minimum absolute atomic E-state index is 0.298. The molecule has 3 N–H and O–H groups in total. The van der Waals surface area contributed by atoms with Gasteiger partial charge in [0.15, 0.2) is 5.82 Å². The Labute approximate surface area is 125 Å². The first-order valence-corrected chi connectivity index (χ1v) is 7.44. The number of thioether (sulfide) groups is 1. The van der Waals surface area contributed by atoms with Crippen LogP contribution in [-0.2, 0) is 18.6 Å². The first kappa shape index (κ1) is 13.6. The van der Waals surface area contributed by atoms with Crippen molar-refractivity contribution >= 4 is 17.7 Å². The molecule has 0 aliphatic rings. The van der Waals surface area contributed by atoms with E-state index < -0.39 is 0 Å². The molecule has 108 valence electrons. The number of benzene rings is 1. The van der Waals surface area contributed by atoms with Gasteiger partial charge in [-0.05, 0) is 12.0 Å². The average molecular weight is 302 g/mol. The van der Waals surface area contributed by atoms with E-state index in [0.717, 1.165) is 12.8 Å². The molecule has 0 fully saturated rings. The van der Waals surface area contributed by atoms with Gasteiger partial charge in [0.25, 0.3) is 0 Å². The minimum Gasteiger partial charge on any atom is -0.368 e. The summed E-state index contributed by atoms with van der Waals surface area (Å²) in [5.41, 5.74) is 6.71. The molecular formula is C13H14N6OS. The highest BCUT2D eigenvalue weighted by Crippen LogP contribution is 2.18. The van der Waals surface area contributed by atoms with Crippen molar-refractivity contribution in [3.63, 3.8) is 0 Å². The summed E-state index contributed by atoms with van der Waals surface area (Å²) in [5, 5.41) is 11.0. The van der Waals surface area contributed by atoms with Crippen molar-refractivity contribution in [2.45, 2.75) is 23.8 Å². The number of anilines is 1. The Kier molecular flexibility index (Phi) is 4.15. The molecule has 0 amide bonds. The fourth-order valence-corrected chi connectivity index (χ4v) is 2.44. The van der Waals surface area contributed by atoms with E-state index in [9.17, 15) is 0 Å². The van der Waals surface area contributed by atoms with Crippen LogP contribution in [0.1, 0.15) is 17.3 Å². The molecule has 8 heteroatoms. The van der Waals surface area contributed by atoms with Crippen LogP contribution in [0.25, 0.3) is 0 Å². The Balaban J connectivity index is 1.51. The molecule has 0 saturated heterocycles. The molecule has 21 heavy (non-hydrogen) atoms. The number of nitrogens with one attached hydrogen (secondary N) is 1. The van der Waals surface area contributed by atoms with Crippen LogP contribution in [0.3, 0.4) is 0 Å². The van der Waals surface area contributed by atoms with Crippen LogP contribution in [-0.4, -0.2) is 25.3 Å². The summed E-state index contributed by atoms with van der Waals surface area (Å²) in [4.78, 5) is 8.34. The molecule has 3 aromatic rings. The fraction of sp³-hybridized carbons (Fsp3) is 0.231. The highest BCUT2D eigenvalue weighted by atomic mass is 32.2. The molecular weight excluding hydrogens is 288 g/mol. The smallest absolute Gasteiger partial charge is 0.237 e. The Morgan fingerprint density at radius 2 is 2.00 bits per heavy atom. The van der Waals surface area contributed by atoms with E-state index in [1.54, 1.807) is 0 Å². The van der Waals surface area contributed by atoms with Gasteiger partial charge in [-0.1, -0.05) is 47.3 Å². The van der Waals surface area contributed by atoms with Gasteiger partial charge in [0.05, 0.1) is 5.75 Å². The molecule has 0 aliphatic heterocycles. The van der Waals surface area contributed by atoms with Gasteiger partial charge in [-0.3, -0.25) is 0 Å². The summed E-state index contributed by atoms with van der Waals surface area (Å²) in [5.74, 6) is 2.09. The van der Waals surface area contributed by atoms with Crippen molar-refractivity contribution < 1.29 is 4.52 Å². The van der Waals surface area contributed by atoms with E-state index in [1.807, 2.05) is 18.2 Å². The zero-order valence-corrected chi connectivity index (χ0v) is 12.0. The van der Waals surface area contributed by atoms with Crippen LogP contribution in [0.2, 0.25) is 0 Å². The van der Waals surface area contributed by atoms with E-state index in [2.05, 4.69) is 37.5 Å². The lowest BCUT2D eigenvalue weighted by molar-refractivity contribution is 0.385. The molecule has 1 aromatic carbocycles. The average Bonchev–Trinajstić information content (AvgIpc) is 3.13. The van der Waals surface area contributed by atoms with E-state index in [-0.39, 0.29) is 0 Å². The number of nitrogens with zero attached hydrogens (tertiary/aromatic N) is 4. The second-order valence-corrected chi connectivity index (χ2v) is 5.32. The molecule has 0 aliphatic carbocycles. The van der Waals surface area contributed by atoms with Gasteiger partial charge >= 0.3 is 0 Å². The van der Waals surface area contributed by atoms with Crippen LogP contribution in [0.5, 0.6) is 0 Å². The van der Waals surface area contributed by atoms with Crippen molar-refractivity contribution in [1.82, 2.24) is 25.3 Å². The summed E-state index contributed by atoms with van der Waals surface area (Å²) >= 11 is 1.39. The van der Waals surface area contributed by atoms with Gasteiger partial charge < -0.3 is 10.3 Å². The lowest BCUT2D eigenvalue weighted by atomic mass is 10.1. The number of aromatic nitrogens is 5. The summed E-state index contributed by atoms with van der Waals surface area (Å²) in [7, 11) is 0. The van der Waals surface area contributed by atoms with Crippen LogP contribution < -0.4 is 5.73 Å². The Hall–Kier alpha value is -2.35. The zero-order chi connectivity index (χ0) is 14.5. The highest BCUT2D eigenvalue weighted by Gasteiger charge is 2.09. The number of rotatable bonds is 6.